The molecule has 4 rings (SSSR count). The molecule has 1 aromatic heterocycles. The van der Waals surface area contributed by atoms with Gasteiger partial charge in [-0.2, -0.15) is 5.10 Å². The van der Waals surface area contributed by atoms with Gasteiger partial charge in [-0.1, -0.05) is 32.4 Å². The number of rotatable bonds is 5. The molecule has 0 saturated carbocycles. The van der Waals surface area contributed by atoms with Crippen molar-refractivity contribution >= 4 is 17.5 Å². The molecule has 3 saturated heterocycles. The Morgan fingerprint density at radius 2 is 2.27 bits per heavy atom. The van der Waals surface area contributed by atoms with Gasteiger partial charge in [-0.15, -0.1) is 0 Å². The second kappa shape index (κ2) is 6.50. The van der Waals surface area contributed by atoms with Crippen LogP contribution in [0.2, 0.25) is 5.02 Å². The number of ether oxygens (including phenoxy) is 1. The van der Waals surface area contributed by atoms with Crippen LogP contribution in [-0.2, 0) is 16.1 Å². The number of nitrogens with one attached hydrogen (secondary N) is 1. The van der Waals surface area contributed by atoms with Gasteiger partial charge in [0.25, 0.3) is 0 Å². The lowest BCUT2D eigenvalue weighted by Gasteiger charge is -2.30. The second-order valence-electron chi connectivity index (χ2n) is 9.15. The summed E-state index contributed by atoms with van der Waals surface area (Å²) < 4.78 is 8.36. The summed E-state index contributed by atoms with van der Waals surface area (Å²) in [4.78, 5) is 14.7. The van der Waals surface area contributed by atoms with E-state index in [-0.39, 0.29) is 16.9 Å². The minimum absolute atomic E-state index is 0.00353. The number of hydrogen-bond donors (Lipinski definition) is 1. The molecule has 7 heteroatoms. The quantitative estimate of drug-likeness (QED) is 0.850. The van der Waals surface area contributed by atoms with Gasteiger partial charge in [0, 0.05) is 49.6 Å². The molecule has 1 aromatic rings. The Morgan fingerprint density at radius 3 is 2.96 bits per heavy atom. The van der Waals surface area contributed by atoms with E-state index >= 15 is 0 Å². The summed E-state index contributed by atoms with van der Waals surface area (Å²) in [5, 5.41) is 8.11. The number of nitrogens with zero attached hydrogens (tertiary/aromatic N) is 3. The standard InChI is InChI=1S/C19H29ClN4O2/c1-18(2,3)17(25)21-9-14-15-11-23(6-7-24-10-13(20)8-22-24)12-19(15)5-4-16(14)26-19/h8,10,14-16H,4-7,9,11-12H2,1-3H3,(H,21,25)/t14-,15+,16+,19+/m0/s1. The van der Waals surface area contributed by atoms with Crippen LogP contribution < -0.4 is 5.32 Å². The third kappa shape index (κ3) is 3.27. The Bertz CT molecular complexity index is 685. The Morgan fingerprint density at radius 1 is 1.46 bits per heavy atom. The van der Waals surface area contributed by atoms with E-state index in [0.717, 1.165) is 45.6 Å². The van der Waals surface area contributed by atoms with Crippen molar-refractivity contribution < 1.29 is 9.53 Å². The minimum atomic E-state index is -0.344. The fraction of sp³-hybridized carbons (Fsp3) is 0.789. The summed E-state index contributed by atoms with van der Waals surface area (Å²) in [5.41, 5.74) is -0.341. The van der Waals surface area contributed by atoms with Crippen LogP contribution in [0.3, 0.4) is 0 Å². The number of fused-ring (bicyclic) bond motifs is 1. The highest BCUT2D eigenvalue weighted by Gasteiger charge is 2.62. The summed E-state index contributed by atoms with van der Waals surface area (Å²) in [5.74, 6) is 1.07. The zero-order valence-corrected chi connectivity index (χ0v) is 16.6. The van der Waals surface area contributed by atoms with Crippen LogP contribution in [0.5, 0.6) is 0 Å². The van der Waals surface area contributed by atoms with Crippen molar-refractivity contribution in [1.82, 2.24) is 20.0 Å². The van der Waals surface area contributed by atoms with E-state index in [9.17, 15) is 4.79 Å². The van der Waals surface area contributed by atoms with Crippen molar-refractivity contribution in [3.8, 4) is 0 Å². The fourth-order valence-corrected chi connectivity index (χ4v) is 5.07. The molecule has 26 heavy (non-hydrogen) atoms. The van der Waals surface area contributed by atoms with Crippen LogP contribution in [0, 0.1) is 17.3 Å². The number of hydrogen-bond acceptors (Lipinski definition) is 4. The van der Waals surface area contributed by atoms with E-state index < -0.39 is 0 Å². The first-order valence-corrected chi connectivity index (χ1v) is 10.0. The molecule has 3 aliphatic rings. The van der Waals surface area contributed by atoms with Crippen LogP contribution in [-0.4, -0.2) is 58.5 Å². The summed E-state index contributed by atoms with van der Waals surface area (Å²) in [6.07, 6.45) is 6.12. The van der Waals surface area contributed by atoms with Crippen molar-refractivity contribution in [3.05, 3.63) is 17.4 Å². The Balaban J connectivity index is 1.36. The Labute approximate surface area is 160 Å². The van der Waals surface area contributed by atoms with Crippen molar-refractivity contribution in [2.45, 2.75) is 51.9 Å². The van der Waals surface area contributed by atoms with Gasteiger partial charge in [0.15, 0.2) is 0 Å². The molecule has 0 aliphatic carbocycles. The third-order valence-corrected chi connectivity index (χ3v) is 6.48. The molecule has 0 unspecified atom stereocenters. The molecule has 1 spiro atoms. The van der Waals surface area contributed by atoms with Crippen LogP contribution in [0.15, 0.2) is 12.4 Å². The molecule has 4 atom stereocenters. The summed E-state index contributed by atoms with van der Waals surface area (Å²) in [6.45, 7) is 10.4. The molecule has 6 nitrogen and oxygen atoms in total. The third-order valence-electron chi connectivity index (χ3n) is 6.28. The highest BCUT2D eigenvalue weighted by molar-refractivity contribution is 6.30. The van der Waals surface area contributed by atoms with Crippen LogP contribution in [0.25, 0.3) is 0 Å². The summed E-state index contributed by atoms with van der Waals surface area (Å²) >= 11 is 5.94. The minimum Gasteiger partial charge on any atom is -0.370 e. The zero-order chi connectivity index (χ0) is 18.5. The Hall–Kier alpha value is -1.11. The predicted molar refractivity (Wildman–Crippen MR) is 100.0 cm³/mol. The van der Waals surface area contributed by atoms with E-state index in [2.05, 4.69) is 15.3 Å². The van der Waals surface area contributed by atoms with E-state index in [0.29, 0.717) is 23.0 Å². The molecule has 3 fully saturated rings. The second-order valence-corrected chi connectivity index (χ2v) is 9.58. The maximum absolute atomic E-state index is 12.3. The molecule has 3 aliphatic heterocycles. The molecule has 144 valence electrons. The maximum Gasteiger partial charge on any atom is 0.225 e. The van der Waals surface area contributed by atoms with Crippen LogP contribution >= 0.6 is 11.6 Å². The largest absolute Gasteiger partial charge is 0.370 e. The highest BCUT2D eigenvalue weighted by atomic mass is 35.5. The van der Waals surface area contributed by atoms with Gasteiger partial charge in [0.1, 0.15) is 0 Å². The van der Waals surface area contributed by atoms with Crippen molar-refractivity contribution in [2.75, 3.05) is 26.2 Å². The number of carbonyl (C=O) groups excluding carboxylic acids is 1. The van der Waals surface area contributed by atoms with Gasteiger partial charge < -0.3 is 10.1 Å². The van der Waals surface area contributed by atoms with E-state index in [1.807, 2.05) is 31.6 Å². The molecular formula is C19H29ClN4O2. The molecule has 1 N–H and O–H groups in total. The summed E-state index contributed by atoms with van der Waals surface area (Å²) in [6, 6.07) is 0. The van der Waals surface area contributed by atoms with Gasteiger partial charge in [0.05, 0.1) is 29.5 Å². The van der Waals surface area contributed by atoms with Gasteiger partial charge in [-0.05, 0) is 12.8 Å². The van der Waals surface area contributed by atoms with Gasteiger partial charge in [-0.3, -0.25) is 14.4 Å². The average molecular weight is 381 g/mol. The summed E-state index contributed by atoms with van der Waals surface area (Å²) in [7, 11) is 0. The van der Waals surface area contributed by atoms with Crippen molar-refractivity contribution in [3.63, 3.8) is 0 Å². The van der Waals surface area contributed by atoms with E-state index in [1.165, 1.54) is 0 Å². The first kappa shape index (κ1) is 18.3. The topological polar surface area (TPSA) is 59.4 Å². The van der Waals surface area contributed by atoms with Gasteiger partial charge >= 0.3 is 0 Å². The lowest BCUT2D eigenvalue weighted by atomic mass is 9.73. The number of carbonyl (C=O) groups is 1. The average Bonchev–Trinajstić information content (AvgIpc) is 3.29. The van der Waals surface area contributed by atoms with Crippen molar-refractivity contribution in [1.29, 1.82) is 0 Å². The molecule has 4 heterocycles. The molecule has 0 aromatic carbocycles. The van der Waals surface area contributed by atoms with Crippen LogP contribution in [0.1, 0.15) is 33.6 Å². The SMILES string of the molecule is CC(C)(C)C(=O)NC[C@H]1[C@H]2CN(CCn3cc(Cl)cn3)C[C@]23CC[C@H]1O3. The number of aromatic nitrogens is 2. The first-order valence-electron chi connectivity index (χ1n) is 9.63. The molecule has 1 amide bonds. The Kier molecular flexibility index (Phi) is 4.56. The fourth-order valence-electron chi connectivity index (χ4n) is 4.91. The normalized spacial score (nSPS) is 33.6. The molecule has 2 bridgehead atoms. The molecular weight excluding hydrogens is 352 g/mol. The molecule has 0 radical (unpaired) electrons. The van der Waals surface area contributed by atoms with Crippen molar-refractivity contribution in [2.24, 2.45) is 17.3 Å². The number of amides is 1. The van der Waals surface area contributed by atoms with E-state index in [1.54, 1.807) is 6.20 Å². The maximum atomic E-state index is 12.3. The number of halogens is 1. The number of likely N-dealkylation sites (tertiary alicyclic amines) is 1. The lowest BCUT2D eigenvalue weighted by Crippen LogP contribution is -2.44. The van der Waals surface area contributed by atoms with Gasteiger partial charge in [-0.25, -0.2) is 0 Å². The predicted octanol–water partition coefficient (Wildman–Crippen LogP) is 2.18. The smallest absolute Gasteiger partial charge is 0.225 e. The first-order chi connectivity index (χ1) is 12.3. The zero-order valence-electron chi connectivity index (χ0n) is 15.9. The van der Waals surface area contributed by atoms with E-state index in [4.69, 9.17) is 16.3 Å². The monoisotopic (exact) mass is 380 g/mol. The van der Waals surface area contributed by atoms with Gasteiger partial charge in [0.2, 0.25) is 5.91 Å². The van der Waals surface area contributed by atoms with Crippen LogP contribution in [0.4, 0.5) is 0 Å². The lowest BCUT2D eigenvalue weighted by molar-refractivity contribution is -0.128. The highest BCUT2D eigenvalue weighted by Crippen LogP contribution is 2.54.